The lowest BCUT2D eigenvalue weighted by molar-refractivity contribution is -0.171. The van der Waals surface area contributed by atoms with Crippen LogP contribution in [0.3, 0.4) is 0 Å². The summed E-state index contributed by atoms with van der Waals surface area (Å²) < 4.78 is 10.5. The molecule has 0 spiro atoms. The molecule has 0 unspecified atom stereocenters. The Balaban J connectivity index is 2.56. The Kier molecular flexibility index (Phi) is 4.17. The standard InChI is InChI=1S/C12H22O5/c1-8(13)16-7-9(14)12(4)6-5-10(17-12)11(2,3)15/h9-10,14-15H,5-7H2,1-4H3/t9-,10-,12+/m0/s1. The average Bonchev–Trinajstić information content (AvgIpc) is 2.58. The molecule has 0 amide bonds. The number of carbonyl (C=O) groups is 1. The number of esters is 1. The molecule has 0 radical (unpaired) electrons. The molecule has 0 saturated carbocycles. The van der Waals surface area contributed by atoms with Gasteiger partial charge in [-0.05, 0) is 33.6 Å². The van der Waals surface area contributed by atoms with Crippen molar-refractivity contribution in [3.63, 3.8) is 0 Å². The number of aliphatic hydroxyl groups excluding tert-OH is 1. The molecule has 100 valence electrons. The Bertz CT molecular complexity index is 283. The van der Waals surface area contributed by atoms with Gasteiger partial charge in [0.05, 0.1) is 17.3 Å². The van der Waals surface area contributed by atoms with Gasteiger partial charge in [-0.3, -0.25) is 4.79 Å². The molecule has 1 saturated heterocycles. The van der Waals surface area contributed by atoms with E-state index in [9.17, 15) is 15.0 Å². The summed E-state index contributed by atoms with van der Waals surface area (Å²) in [5.74, 6) is -0.426. The van der Waals surface area contributed by atoms with Crippen molar-refractivity contribution in [2.75, 3.05) is 6.61 Å². The number of rotatable bonds is 4. The first-order valence-corrected chi connectivity index (χ1v) is 5.87. The van der Waals surface area contributed by atoms with E-state index >= 15 is 0 Å². The molecule has 17 heavy (non-hydrogen) atoms. The second kappa shape index (κ2) is 4.92. The zero-order valence-corrected chi connectivity index (χ0v) is 10.9. The maximum Gasteiger partial charge on any atom is 0.302 e. The van der Waals surface area contributed by atoms with E-state index in [-0.39, 0.29) is 12.7 Å². The second-order valence-electron chi connectivity index (χ2n) is 5.43. The lowest BCUT2D eigenvalue weighted by Gasteiger charge is -2.33. The smallest absolute Gasteiger partial charge is 0.302 e. The van der Waals surface area contributed by atoms with E-state index in [1.54, 1.807) is 20.8 Å². The van der Waals surface area contributed by atoms with Gasteiger partial charge >= 0.3 is 5.97 Å². The molecule has 2 N–H and O–H groups in total. The van der Waals surface area contributed by atoms with Crippen LogP contribution in [0.15, 0.2) is 0 Å². The SMILES string of the molecule is CC(=O)OC[C@H](O)[C@@]1(C)CC[C@@H](C(C)(C)O)O1. The fraction of sp³-hybridized carbons (Fsp3) is 0.917. The van der Waals surface area contributed by atoms with Gasteiger partial charge < -0.3 is 19.7 Å². The predicted octanol–water partition coefficient (Wildman–Crippen LogP) is 0.619. The third-order valence-electron chi connectivity index (χ3n) is 3.25. The highest BCUT2D eigenvalue weighted by atomic mass is 16.6. The summed E-state index contributed by atoms with van der Waals surface area (Å²) in [6, 6.07) is 0. The van der Waals surface area contributed by atoms with Crippen LogP contribution in [-0.4, -0.2) is 46.2 Å². The summed E-state index contributed by atoms with van der Waals surface area (Å²) in [5.41, 5.74) is -1.70. The van der Waals surface area contributed by atoms with Crippen LogP contribution in [0.5, 0.6) is 0 Å². The summed E-state index contributed by atoms with van der Waals surface area (Å²) >= 11 is 0. The molecule has 3 atom stereocenters. The predicted molar refractivity (Wildman–Crippen MR) is 61.4 cm³/mol. The van der Waals surface area contributed by atoms with E-state index in [4.69, 9.17) is 9.47 Å². The van der Waals surface area contributed by atoms with Crippen molar-refractivity contribution in [3.8, 4) is 0 Å². The maximum atomic E-state index is 10.7. The zero-order chi connectivity index (χ0) is 13.3. The van der Waals surface area contributed by atoms with Crippen LogP contribution < -0.4 is 0 Å². The van der Waals surface area contributed by atoms with Gasteiger partial charge in [-0.2, -0.15) is 0 Å². The first kappa shape index (κ1) is 14.4. The Morgan fingerprint density at radius 1 is 1.65 bits per heavy atom. The summed E-state index contributed by atoms with van der Waals surface area (Å²) in [7, 11) is 0. The van der Waals surface area contributed by atoms with Crippen LogP contribution in [0, 0.1) is 0 Å². The van der Waals surface area contributed by atoms with Gasteiger partial charge in [0.1, 0.15) is 12.7 Å². The van der Waals surface area contributed by atoms with E-state index in [2.05, 4.69) is 0 Å². The van der Waals surface area contributed by atoms with Crippen LogP contribution in [0.2, 0.25) is 0 Å². The first-order valence-electron chi connectivity index (χ1n) is 5.87. The third-order valence-corrected chi connectivity index (χ3v) is 3.25. The number of carbonyl (C=O) groups excluding carboxylic acids is 1. The Labute approximate surface area is 102 Å². The monoisotopic (exact) mass is 246 g/mol. The van der Waals surface area contributed by atoms with Gasteiger partial charge in [0.25, 0.3) is 0 Å². The van der Waals surface area contributed by atoms with Crippen LogP contribution in [0.4, 0.5) is 0 Å². The molecule has 1 rings (SSSR count). The number of ether oxygens (including phenoxy) is 2. The number of hydrogen-bond acceptors (Lipinski definition) is 5. The molecule has 1 fully saturated rings. The quantitative estimate of drug-likeness (QED) is 0.711. The van der Waals surface area contributed by atoms with Crippen LogP contribution in [0.1, 0.15) is 40.5 Å². The van der Waals surface area contributed by atoms with E-state index in [0.29, 0.717) is 12.8 Å². The fourth-order valence-electron chi connectivity index (χ4n) is 1.98. The van der Waals surface area contributed by atoms with Gasteiger partial charge in [-0.15, -0.1) is 0 Å². The van der Waals surface area contributed by atoms with E-state index in [0.717, 1.165) is 0 Å². The van der Waals surface area contributed by atoms with Crippen molar-refractivity contribution < 1.29 is 24.5 Å². The minimum atomic E-state index is -0.932. The van der Waals surface area contributed by atoms with E-state index < -0.39 is 23.3 Å². The largest absolute Gasteiger partial charge is 0.463 e. The van der Waals surface area contributed by atoms with E-state index in [1.165, 1.54) is 6.92 Å². The van der Waals surface area contributed by atoms with Crippen molar-refractivity contribution in [1.82, 2.24) is 0 Å². The lowest BCUT2D eigenvalue weighted by atomic mass is 9.94. The van der Waals surface area contributed by atoms with Crippen LogP contribution in [-0.2, 0) is 14.3 Å². The molecule has 5 nitrogen and oxygen atoms in total. The Hall–Kier alpha value is -0.650. The summed E-state index contributed by atoms with van der Waals surface area (Å²) in [5, 5.41) is 19.8. The maximum absolute atomic E-state index is 10.7. The molecule has 0 aromatic carbocycles. The molecule has 0 aromatic heterocycles. The van der Waals surface area contributed by atoms with E-state index in [1.807, 2.05) is 0 Å². The number of hydrogen-bond donors (Lipinski definition) is 2. The van der Waals surface area contributed by atoms with Crippen LogP contribution >= 0.6 is 0 Å². The molecular formula is C12H22O5. The summed E-state index contributed by atoms with van der Waals surface area (Å²) in [6.07, 6.45) is 0.125. The van der Waals surface area contributed by atoms with Gasteiger partial charge in [-0.25, -0.2) is 0 Å². The van der Waals surface area contributed by atoms with Crippen molar-refractivity contribution in [3.05, 3.63) is 0 Å². The molecule has 5 heteroatoms. The van der Waals surface area contributed by atoms with Gasteiger partial charge in [0.2, 0.25) is 0 Å². The highest BCUT2D eigenvalue weighted by molar-refractivity contribution is 5.65. The fourth-order valence-corrected chi connectivity index (χ4v) is 1.98. The molecule has 0 aromatic rings. The van der Waals surface area contributed by atoms with Crippen molar-refractivity contribution in [1.29, 1.82) is 0 Å². The first-order chi connectivity index (χ1) is 7.65. The lowest BCUT2D eigenvalue weighted by Crippen LogP contribution is -2.45. The van der Waals surface area contributed by atoms with Crippen molar-refractivity contribution in [2.45, 2.75) is 63.9 Å². The highest BCUT2D eigenvalue weighted by Crippen LogP contribution is 2.37. The summed E-state index contributed by atoms with van der Waals surface area (Å²) in [4.78, 5) is 10.7. The normalized spacial score (nSPS) is 31.3. The van der Waals surface area contributed by atoms with Crippen molar-refractivity contribution in [2.24, 2.45) is 0 Å². The van der Waals surface area contributed by atoms with Crippen LogP contribution in [0.25, 0.3) is 0 Å². The highest BCUT2D eigenvalue weighted by Gasteiger charge is 2.46. The second-order valence-corrected chi connectivity index (χ2v) is 5.43. The summed E-state index contributed by atoms with van der Waals surface area (Å²) in [6.45, 7) is 6.35. The topological polar surface area (TPSA) is 76.0 Å². The minimum Gasteiger partial charge on any atom is -0.463 e. The molecule has 1 aliphatic heterocycles. The molecule has 1 heterocycles. The average molecular weight is 246 g/mol. The minimum absolute atomic E-state index is 0.0790. The van der Waals surface area contributed by atoms with Gasteiger partial charge in [0, 0.05) is 6.92 Å². The van der Waals surface area contributed by atoms with Gasteiger partial charge in [0.15, 0.2) is 0 Å². The Morgan fingerprint density at radius 3 is 2.65 bits per heavy atom. The zero-order valence-electron chi connectivity index (χ0n) is 10.9. The molecule has 1 aliphatic rings. The Morgan fingerprint density at radius 2 is 2.24 bits per heavy atom. The van der Waals surface area contributed by atoms with Gasteiger partial charge in [-0.1, -0.05) is 0 Å². The molecule has 0 aliphatic carbocycles. The number of aliphatic hydroxyl groups is 2. The molecule has 0 bridgehead atoms. The van der Waals surface area contributed by atoms with Crippen molar-refractivity contribution >= 4 is 5.97 Å². The molecular weight excluding hydrogens is 224 g/mol. The third kappa shape index (κ3) is 3.66.